The van der Waals surface area contributed by atoms with Gasteiger partial charge in [-0.15, -0.1) is 0 Å². The van der Waals surface area contributed by atoms with Crippen LogP contribution in [0.5, 0.6) is 0 Å². The van der Waals surface area contributed by atoms with Gasteiger partial charge in [-0.25, -0.2) is 0 Å². The molecule has 1 aromatic rings. The van der Waals surface area contributed by atoms with Crippen LogP contribution in [-0.2, 0) is 4.79 Å². The number of alkyl halides is 3. The molecule has 0 atom stereocenters. The first kappa shape index (κ1) is 13.0. The fourth-order valence-electron chi connectivity index (χ4n) is 1.01. The van der Waals surface area contributed by atoms with Gasteiger partial charge in [0.1, 0.15) is 0 Å². The van der Waals surface area contributed by atoms with Crippen molar-refractivity contribution in [3.8, 4) is 0 Å². The summed E-state index contributed by atoms with van der Waals surface area (Å²) in [6.45, 7) is 1.86. The first-order valence-electron chi connectivity index (χ1n) is 4.36. The van der Waals surface area contributed by atoms with Gasteiger partial charge in [0.25, 0.3) is 5.78 Å². The van der Waals surface area contributed by atoms with Crippen molar-refractivity contribution in [2.45, 2.75) is 13.1 Å². The number of ketones is 1. The Morgan fingerprint density at radius 1 is 1.25 bits per heavy atom. The van der Waals surface area contributed by atoms with Crippen LogP contribution in [-0.4, -0.2) is 12.0 Å². The smallest absolute Gasteiger partial charge is 0.283 e. The third-order valence-electron chi connectivity index (χ3n) is 1.85. The normalized spacial score (nSPS) is 12.7. The van der Waals surface area contributed by atoms with Crippen LogP contribution < -0.4 is 0 Å². The highest BCUT2D eigenvalue weighted by molar-refractivity contribution is 9.12. The number of carbonyl (C=O) groups excluding carboxylic acids is 1. The molecule has 0 aliphatic heterocycles. The summed E-state index contributed by atoms with van der Waals surface area (Å²) in [4.78, 5) is 10.8. The zero-order chi connectivity index (χ0) is 12.3. The molecule has 0 radical (unpaired) electrons. The molecule has 0 fully saturated rings. The lowest BCUT2D eigenvalue weighted by atomic mass is 10.1. The van der Waals surface area contributed by atoms with E-state index in [-0.39, 0.29) is 0 Å². The van der Waals surface area contributed by atoms with Crippen LogP contribution >= 0.6 is 15.9 Å². The number of hydrogen-bond acceptors (Lipinski definition) is 1. The number of rotatable bonds is 2. The molecule has 1 rings (SSSR count). The molecule has 0 aromatic heterocycles. The lowest BCUT2D eigenvalue weighted by molar-refractivity contribution is -0.165. The Balaban J connectivity index is 2.93. The lowest BCUT2D eigenvalue weighted by Gasteiger charge is -2.03. The van der Waals surface area contributed by atoms with E-state index in [1.165, 1.54) is 0 Å². The van der Waals surface area contributed by atoms with Crippen LogP contribution in [0.25, 0.3) is 6.08 Å². The summed E-state index contributed by atoms with van der Waals surface area (Å²) in [7, 11) is 0. The van der Waals surface area contributed by atoms with Crippen LogP contribution in [0.2, 0.25) is 0 Å². The predicted molar refractivity (Wildman–Crippen MR) is 59.1 cm³/mol. The Morgan fingerprint density at radius 2 is 1.75 bits per heavy atom. The van der Waals surface area contributed by atoms with Gasteiger partial charge in [0.05, 0.1) is 4.48 Å². The summed E-state index contributed by atoms with van der Waals surface area (Å²) in [6, 6.07) is 6.79. The molecule has 5 heteroatoms. The highest BCUT2D eigenvalue weighted by Gasteiger charge is 2.39. The van der Waals surface area contributed by atoms with Crippen molar-refractivity contribution in [3.05, 3.63) is 39.9 Å². The van der Waals surface area contributed by atoms with E-state index < -0.39 is 16.4 Å². The second kappa shape index (κ2) is 4.82. The lowest BCUT2D eigenvalue weighted by Crippen LogP contribution is -2.22. The Kier molecular flexibility index (Phi) is 3.91. The topological polar surface area (TPSA) is 17.1 Å². The summed E-state index contributed by atoms with van der Waals surface area (Å²) in [5.74, 6) is -1.88. The van der Waals surface area contributed by atoms with Crippen LogP contribution in [0.15, 0.2) is 28.7 Å². The number of Topliss-reactive ketones (excluding diaryl/α,β-unsaturated/α-hetero) is 1. The van der Waals surface area contributed by atoms with Crippen molar-refractivity contribution < 1.29 is 18.0 Å². The van der Waals surface area contributed by atoms with Gasteiger partial charge in [0.2, 0.25) is 0 Å². The van der Waals surface area contributed by atoms with Gasteiger partial charge in [-0.3, -0.25) is 4.79 Å². The summed E-state index contributed by atoms with van der Waals surface area (Å²) < 4.78 is 35.6. The second-order valence-corrected chi connectivity index (χ2v) is 4.08. The van der Waals surface area contributed by atoms with E-state index in [1.54, 1.807) is 24.3 Å². The monoisotopic (exact) mass is 292 g/mol. The van der Waals surface area contributed by atoms with E-state index in [2.05, 4.69) is 15.9 Å². The standard InChI is InChI=1S/C11H8BrF3O/c1-7-2-4-8(5-3-7)6-9(12)10(16)11(13,14)15/h2-6H,1H3/b9-6-. The maximum atomic E-state index is 12.0. The van der Waals surface area contributed by atoms with Gasteiger partial charge in [-0.05, 0) is 34.5 Å². The van der Waals surface area contributed by atoms with Crippen LogP contribution in [0.3, 0.4) is 0 Å². The fourth-order valence-corrected chi connectivity index (χ4v) is 1.50. The zero-order valence-corrected chi connectivity index (χ0v) is 9.89. The summed E-state index contributed by atoms with van der Waals surface area (Å²) in [5, 5.41) is 0. The molecule has 1 aromatic carbocycles. The molecule has 0 N–H and O–H groups in total. The molecular weight excluding hydrogens is 285 g/mol. The number of hydrogen-bond donors (Lipinski definition) is 0. The van der Waals surface area contributed by atoms with Gasteiger partial charge in [-0.1, -0.05) is 29.8 Å². The first-order valence-corrected chi connectivity index (χ1v) is 5.15. The predicted octanol–water partition coefficient (Wildman–Crippen LogP) is 3.86. The van der Waals surface area contributed by atoms with E-state index in [1.807, 2.05) is 6.92 Å². The second-order valence-electron chi connectivity index (χ2n) is 3.23. The molecule has 86 valence electrons. The van der Waals surface area contributed by atoms with E-state index in [4.69, 9.17) is 0 Å². The fraction of sp³-hybridized carbons (Fsp3) is 0.182. The quantitative estimate of drug-likeness (QED) is 0.757. The van der Waals surface area contributed by atoms with Crippen molar-refractivity contribution in [2.24, 2.45) is 0 Å². The number of carbonyl (C=O) groups is 1. The summed E-state index contributed by atoms with van der Waals surface area (Å²) in [5.41, 5.74) is 1.53. The van der Waals surface area contributed by atoms with Crippen LogP contribution in [0, 0.1) is 6.92 Å². The Labute approximate surface area is 99.1 Å². The number of benzene rings is 1. The van der Waals surface area contributed by atoms with Gasteiger partial charge in [0.15, 0.2) is 0 Å². The third-order valence-corrected chi connectivity index (χ3v) is 2.43. The Morgan fingerprint density at radius 3 is 2.19 bits per heavy atom. The molecular formula is C11H8BrF3O. The average molecular weight is 293 g/mol. The third kappa shape index (κ3) is 3.48. The molecule has 0 aliphatic rings. The van der Waals surface area contributed by atoms with Crippen molar-refractivity contribution >= 4 is 27.8 Å². The highest BCUT2D eigenvalue weighted by Crippen LogP contribution is 2.25. The highest BCUT2D eigenvalue weighted by atomic mass is 79.9. The maximum Gasteiger partial charge on any atom is 0.455 e. The average Bonchev–Trinajstić information content (AvgIpc) is 2.19. The largest absolute Gasteiger partial charge is 0.455 e. The molecule has 0 amide bonds. The molecule has 0 saturated carbocycles. The molecule has 0 heterocycles. The minimum Gasteiger partial charge on any atom is -0.283 e. The van der Waals surface area contributed by atoms with Crippen molar-refractivity contribution in [2.75, 3.05) is 0 Å². The molecule has 0 aliphatic carbocycles. The Bertz CT molecular complexity index is 418. The van der Waals surface area contributed by atoms with Crippen LogP contribution in [0.4, 0.5) is 13.2 Å². The van der Waals surface area contributed by atoms with Crippen LogP contribution in [0.1, 0.15) is 11.1 Å². The minimum atomic E-state index is -4.85. The number of allylic oxidation sites excluding steroid dienone is 1. The van der Waals surface area contributed by atoms with Gasteiger partial charge in [-0.2, -0.15) is 13.2 Å². The van der Waals surface area contributed by atoms with Gasteiger partial charge >= 0.3 is 6.18 Å². The SMILES string of the molecule is Cc1ccc(/C=C(\Br)C(=O)C(F)(F)F)cc1. The van der Waals surface area contributed by atoms with Crippen molar-refractivity contribution in [1.29, 1.82) is 0 Å². The minimum absolute atomic E-state index is 0.496. The zero-order valence-electron chi connectivity index (χ0n) is 8.31. The molecule has 1 nitrogen and oxygen atoms in total. The van der Waals surface area contributed by atoms with Gasteiger partial charge in [0, 0.05) is 0 Å². The Hall–Kier alpha value is -1.10. The van der Waals surface area contributed by atoms with E-state index in [9.17, 15) is 18.0 Å². The van der Waals surface area contributed by atoms with Crippen molar-refractivity contribution in [1.82, 2.24) is 0 Å². The van der Waals surface area contributed by atoms with Crippen molar-refractivity contribution in [3.63, 3.8) is 0 Å². The summed E-state index contributed by atoms with van der Waals surface area (Å²) in [6.07, 6.45) is -3.70. The molecule has 0 unspecified atom stereocenters. The van der Waals surface area contributed by atoms with Gasteiger partial charge < -0.3 is 0 Å². The van der Waals surface area contributed by atoms with E-state index >= 15 is 0 Å². The number of halogens is 4. The summed E-state index contributed by atoms with van der Waals surface area (Å²) >= 11 is 2.63. The first-order chi connectivity index (χ1) is 7.30. The molecule has 16 heavy (non-hydrogen) atoms. The maximum absolute atomic E-state index is 12.0. The molecule has 0 bridgehead atoms. The van der Waals surface area contributed by atoms with E-state index in [0.717, 1.165) is 11.6 Å². The number of aryl methyl sites for hydroxylation is 1. The van der Waals surface area contributed by atoms with E-state index in [0.29, 0.717) is 5.56 Å². The molecule has 0 saturated heterocycles. The molecule has 0 spiro atoms.